The Labute approximate surface area is 107 Å². The van der Waals surface area contributed by atoms with Gasteiger partial charge in [0.1, 0.15) is 5.69 Å². The first-order valence-electron chi connectivity index (χ1n) is 5.82. The van der Waals surface area contributed by atoms with Gasteiger partial charge in [-0.2, -0.15) is 0 Å². The van der Waals surface area contributed by atoms with E-state index >= 15 is 0 Å². The highest BCUT2D eigenvalue weighted by Crippen LogP contribution is 2.13. The fourth-order valence-electron chi connectivity index (χ4n) is 1.83. The van der Waals surface area contributed by atoms with Gasteiger partial charge in [0.15, 0.2) is 0 Å². The molecule has 0 amide bonds. The third-order valence-electron chi connectivity index (χ3n) is 2.64. The summed E-state index contributed by atoms with van der Waals surface area (Å²) in [6.45, 7) is 0. The van der Waals surface area contributed by atoms with Gasteiger partial charge in [0, 0.05) is 0 Å². The number of rotatable bonds is 2. The second-order valence-corrected chi connectivity index (χ2v) is 4.21. The van der Waals surface area contributed by atoms with Crippen LogP contribution in [0, 0.1) is 5.21 Å². The van der Waals surface area contributed by atoms with E-state index < -0.39 is 0 Å². The first kappa shape index (κ1) is 12.2. The monoisotopic (exact) mass is 240 g/mol. The van der Waals surface area contributed by atoms with Gasteiger partial charge in [0.25, 0.3) is 5.84 Å². The average Bonchev–Trinajstić information content (AvgIpc) is 2.40. The Morgan fingerprint density at radius 2 is 1.39 bits per heavy atom. The van der Waals surface area contributed by atoms with Crippen molar-refractivity contribution >= 4 is 11.5 Å². The van der Waals surface area contributed by atoms with E-state index in [9.17, 15) is 5.21 Å². The Morgan fingerprint density at radius 1 is 0.889 bits per heavy atom. The quantitative estimate of drug-likeness (QED) is 0.265. The van der Waals surface area contributed by atoms with Crippen molar-refractivity contribution < 1.29 is 4.74 Å². The third kappa shape index (κ3) is 2.51. The molecule has 0 aromatic heterocycles. The lowest BCUT2D eigenvalue weighted by atomic mass is 10.2. The Hall–Kier alpha value is -2.29. The summed E-state index contributed by atoms with van der Waals surface area (Å²) < 4.78 is 0.954. The molecule has 2 aromatic carbocycles. The second-order valence-electron chi connectivity index (χ2n) is 4.21. The molecule has 0 heterocycles. The fourth-order valence-corrected chi connectivity index (χ4v) is 1.83. The number of amidine groups is 1. The molecule has 0 atom stereocenters. The largest absolute Gasteiger partial charge is 0.710 e. The SMILES string of the molecule is CN(C)C(c1ccccc1)=[N+]([O-])c1ccccc1. The maximum atomic E-state index is 12.4. The highest BCUT2D eigenvalue weighted by atomic mass is 16.5. The fraction of sp³-hybridized carbons (Fsp3) is 0.133. The van der Waals surface area contributed by atoms with Crippen molar-refractivity contribution in [1.82, 2.24) is 4.90 Å². The number of hydrogen-bond donors (Lipinski definition) is 0. The predicted octanol–water partition coefficient (Wildman–Crippen LogP) is 2.84. The average molecular weight is 240 g/mol. The maximum Gasteiger partial charge on any atom is 0.287 e. The summed E-state index contributed by atoms with van der Waals surface area (Å²) in [7, 11) is 3.74. The van der Waals surface area contributed by atoms with Crippen LogP contribution in [0.4, 0.5) is 5.69 Å². The molecule has 0 aliphatic heterocycles. The van der Waals surface area contributed by atoms with Gasteiger partial charge in [-0.3, -0.25) is 4.90 Å². The molecule has 92 valence electrons. The predicted molar refractivity (Wildman–Crippen MR) is 74.0 cm³/mol. The van der Waals surface area contributed by atoms with Crippen LogP contribution < -0.4 is 0 Å². The molecule has 0 bridgehead atoms. The zero-order chi connectivity index (χ0) is 13.0. The van der Waals surface area contributed by atoms with E-state index in [0.29, 0.717) is 11.5 Å². The molecule has 3 heteroatoms. The molecule has 2 aromatic rings. The highest BCUT2D eigenvalue weighted by Gasteiger charge is 2.15. The van der Waals surface area contributed by atoms with E-state index in [1.807, 2.05) is 67.5 Å². The van der Waals surface area contributed by atoms with Crippen molar-refractivity contribution in [2.45, 2.75) is 0 Å². The molecule has 0 aliphatic rings. The molecule has 0 fully saturated rings. The normalized spacial score (nSPS) is 11.9. The van der Waals surface area contributed by atoms with Crippen LogP contribution in [0.5, 0.6) is 0 Å². The van der Waals surface area contributed by atoms with Gasteiger partial charge in [-0.25, -0.2) is 4.74 Å². The van der Waals surface area contributed by atoms with Crippen LogP contribution in [-0.2, 0) is 0 Å². The molecule has 0 saturated carbocycles. The Bertz CT molecular complexity index is 533. The van der Waals surface area contributed by atoms with Gasteiger partial charge in [-0.1, -0.05) is 36.4 Å². The zero-order valence-corrected chi connectivity index (χ0v) is 10.6. The highest BCUT2D eigenvalue weighted by molar-refractivity contribution is 5.95. The van der Waals surface area contributed by atoms with Crippen molar-refractivity contribution in [3.63, 3.8) is 0 Å². The van der Waals surface area contributed by atoms with Gasteiger partial charge in [-0.15, -0.1) is 0 Å². The number of para-hydroxylation sites is 1. The van der Waals surface area contributed by atoms with Crippen molar-refractivity contribution in [1.29, 1.82) is 0 Å². The van der Waals surface area contributed by atoms with Crippen LogP contribution in [0.3, 0.4) is 0 Å². The second kappa shape index (κ2) is 5.36. The Morgan fingerprint density at radius 3 is 1.89 bits per heavy atom. The number of nitrogens with zero attached hydrogens (tertiary/aromatic N) is 2. The van der Waals surface area contributed by atoms with E-state index in [1.165, 1.54) is 0 Å². The lowest BCUT2D eigenvalue weighted by molar-refractivity contribution is -0.366. The van der Waals surface area contributed by atoms with Gasteiger partial charge >= 0.3 is 0 Å². The van der Waals surface area contributed by atoms with Crippen molar-refractivity contribution in [3.05, 3.63) is 71.4 Å². The van der Waals surface area contributed by atoms with Crippen LogP contribution in [0.15, 0.2) is 60.7 Å². The summed E-state index contributed by atoms with van der Waals surface area (Å²) in [6, 6.07) is 18.9. The minimum atomic E-state index is 0.627. The molecule has 0 aliphatic carbocycles. The van der Waals surface area contributed by atoms with Crippen LogP contribution in [0.2, 0.25) is 0 Å². The van der Waals surface area contributed by atoms with E-state index in [4.69, 9.17) is 0 Å². The van der Waals surface area contributed by atoms with Crippen LogP contribution in [-0.4, -0.2) is 29.6 Å². The van der Waals surface area contributed by atoms with E-state index in [1.54, 1.807) is 12.1 Å². The first-order valence-corrected chi connectivity index (χ1v) is 5.82. The number of hydrogen-bond acceptors (Lipinski definition) is 1. The Balaban J connectivity index is 2.55. The molecule has 18 heavy (non-hydrogen) atoms. The summed E-state index contributed by atoms with van der Waals surface area (Å²) in [5.74, 6) is 0.627. The number of benzene rings is 2. The topological polar surface area (TPSA) is 29.3 Å². The first-order chi connectivity index (χ1) is 8.70. The molecular formula is C15H16N2O. The van der Waals surface area contributed by atoms with Gasteiger partial charge < -0.3 is 5.21 Å². The molecule has 2 rings (SSSR count). The molecule has 0 spiro atoms. The van der Waals surface area contributed by atoms with E-state index in [0.717, 1.165) is 10.3 Å². The lowest BCUT2D eigenvalue weighted by Gasteiger charge is -2.18. The van der Waals surface area contributed by atoms with Crippen molar-refractivity contribution in [2.24, 2.45) is 0 Å². The van der Waals surface area contributed by atoms with Crippen molar-refractivity contribution in [3.8, 4) is 0 Å². The molecule has 0 N–H and O–H groups in total. The summed E-state index contributed by atoms with van der Waals surface area (Å²) in [5, 5.41) is 12.4. The molecule has 0 saturated heterocycles. The van der Waals surface area contributed by atoms with Crippen LogP contribution >= 0.6 is 0 Å². The molecule has 3 nitrogen and oxygen atoms in total. The van der Waals surface area contributed by atoms with E-state index in [-0.39, 0.29) is 0 Å². The van der Waals surface area contributed by atoms with Gasteiger partial charge in [0.05, 0.1) is 19.7 Å². The third-order valence-corrected chi connectivity index (χ3v) is 2.64. The summed E-state index contributed by atoms with van der Waals surface area (Å²) in [4.78, 5) is 1.83. The summed E-state index contributed by atoms with van der Waals surface area (Å²) >= 11 is 0. The summed E-state index contributed by atoms with van der Waals surface area (Å²) in [6.07, 6.45) is 0. The Kier molecular flexibility index (Phi) is 3.63. The van der Waals surface area contributed by atoms with Crippen LogP contribution in [0.1, 0.15) is 5.56 Å². The smallest absolute Gasteiger partial charge is 0.287 e. The molecule has 0 unspecified atom stereocenters. The minimum absolute atomic E-state index is 0.627. The molecular weight excluding hydrogens is 224 g/mol. The van der Waals surface area contributed by atoms with Gasteiger partial charge in [0.2, 0.25) is 0 Å². The van der Waals surface area contributed by atoms with E-state index in [2.05, 4.69) is 0 Å². The molecule has 0 radical (unpaired) electrons. The van der Waals surface area contributed by atoms with Crippen LogP contribution in [0.25, 0.3) is 0 Å². The van der Waals surface area contributed by atoms with Gasteiger partial charge in [-0.05, 0) is 24.3 Å². The maximum absolute atomic E-state index is 12.4. The lowest BCUT2D eigenvalue weighted by Crippen LogP contribution is -2.29. The zero-order valence-electron chi connectivity index (χ0n) is 10.6. The standard InChI is InChI=1S/C15H16N2O/c1-16(2)15(13-9-5-3-6-10-13)17(18)14-11-7-4-8-12-14/h3-12H,1-2H3. The summed E-state index contributed by atoms with van der Waals surface area (Å²) in [5.41, 5.74) is 1.53. The minimum Gasteiger partial charge on any atom is -0.710 e. The van der Waals surface area contributed by atoms with Crippen molar-refractivity contribution in [2.75, 3.05) is 14.1 Å².